The molecule has 1 fully saturated rings. The molecule has 0 spiro atoms. The van der Waals surface area contributed by atoms with Crippen molar-refractivity contribution in [2.24, 2.45) is 20.0 Å². The lowest BCUT2D eigenvalue weighted by molar-refractivity contribution is 0.0745. The number of carbonyl (C=O) groups excluding carboxylic acids is 1. The van der Waals surface area contributed by atoms with Gasteiger partial charge in [0.15, 0.2) is 0 Å². The molecule has 6 heteroatoms. The number of fused-ring (bicyclic) bond motifs is 1. The summed E-state index contributed by atoms with van der Waals surface area (Å²) < 4.78 is 9.13. The number of aromatic nitrogens is 2. The fraction of sp³-hybridized carbons (Fsp3) is 0.619. The maximum absolute atomic E-state index is 13.0. The highest BCUT2D eigenvalue weighted by Crippen LogP contribution is 2.26. The minimum Gasteiger partial charge on any atom is -0.381 e. The van der Waals surface area contributed by atoms with Crippen LogP contribution in [0.15, 0.2) is 17.2 Å². The van der Waals surface area contributed by atoms with Crippen LogP contribution in [0, 0.1) is 12.8 Å². The van der Waals surface area contributed by atoms with Gasteiger partial charge < -0.3 is 19.2 Å². The van der Waals surface area contributed by atoms with E-state index < -0.39 is 0 Å². The minimum absolute atomic E-state index is 0.129. The summed E-state index contributed by atoms with van der Waals surface area (Å²) in [6.45, 7) is 5.64. The largest absolute Gasteiger partial charge is 0.381 e. The summed E-state index contributed by atoms with van der Waals surface area (Å²) in [4.78, 5) is 25.6. The number of amides is 1. The number of hydrogen-bond donors (Lipinski definition) is 1. The average Bonchev–Trinajstić information content (AvgIpc) is 2.98. The molecule has 27 heavy (non-hydrogen) atoms. The van der Waals surface area contributed by atoms with Crippen molar-refractivity contribution in [3.63, 3.8) is 0 Å². The first-order chi connectivity index (χ1) is 12.9. The summed E-state index contributed by atoms with van der Waals surface area (Å²) >= 11 is 0. The molecule has 0 aliphatic heterocycles. The minimum atomic E-state index is -0.150. The molecule has 2 heterocycles. The highest BCUT2D eigenvalue weighted by atomic mass is 16.5. The number of aryl methyl sites for hydroxylation is 3. The number of rotatable bonds is 6. The van der Waals surface area contributed by atoms with Gasteiger partial charge in [-0.05, 0) is 44.1 Å². The van der Waals surface area contributed by atoms with Crippen molar-refractivity contribution < 1.29 is 9.53 Å². The van der Waals surface area contributed by atoms with Crippen molar-refractivity contribution in [2.75, 3.05) is 13.2 Å². The van der Waals surface area contributed by atoms with Crippen molar-refractivity contribution >= 4 is 16.8 Å². The Kier molecular flexibility index (Phi) is 6.05. The van der Waals surface area contributed by atoms with Crippen LogP contribution >= 0.6 is 0 Å². The molecule has 1 unspecified atom stereocenters. The van der Waals surface area contributed by atoms with E-state index in [9.17, 15) is 9.59 Å². The van der Waals surface area contributed by atoms with Crippen LogP contribution < -0.4 is 10.9 Å². The second kappa shape index (κ2) is 8.30. The predicted molar refractivity (Wildman–Crippen MR) is 107 cm³/mol. The Morgan fingerprint density at radius 3 is 2.78 bits per heavy atom. The van der Waals surface area contributed by atoms with E-state index in [1.54, 1.807) is 17.8 Å². The Morgan fingerprint density at radius 2 is 2.04 bits per heavy atom. The zero-order valence-electron chi connectivity index (χ0n) is 16.9. The molecule has 2 aromatic heterocycles. The first kappa shape index (κ1) is 19.7. The number of ether oxygens (including phenoxy) is 1. The van der Waals surface area contributed by atoms with E-state index in [1.165, 1.54) is 0 Å². The molecule has 1 aliphatic rings. The van der Waals surface area contributed by atoms with Gasteiger partial charge in [0.25, 0.3) is 11.5 Å². The van der Waals surface area contributed by atoms with Crippen LogP contribution in [0.1, 0.15) is 54.9 Å². The summed E-state index contributed by atoms with van der Waals surface area (Å²) in [5.41, 5.74) is 2.16. The third kappa shape index (κ3) is 4.10. The lowest BCUT2D eigenvalue weighted by Crippen LogP contribution is -2.39. The third-order valence-electron chi connectivity index (χ3n) is 5.54. The predicted octanol–water partition coefficient (Wildman–Crippen LogP) is 2.90. The first-order valence-corrected chi connectivity index (χ1v) is 9.96. The average molecular weight is 373 g/mol. The molecule has 0 saturated heterocycles. The summed E-state index contributed by atoms with van der Waals surface area (Å²) in [6, 6.07) is 0.144. The normalized spacial score (nSPS) is 20.1. The van der Waals surface area contributed by atoms with Crippen molar-refractivity contribution in [3.05, 3.63) is 33.9 Å². The molecular weight excluding hydrogens is 342 g/mol. The molecule has 1 amide bonds. The van der Waals surface area contributed by atoms with E-state index in [2.05, 4.69) is 12.2 Å². The lowest BCUT2D eigenvalue weighted by Gasteiger charge is -2.29. The summed E-state index contributed by atoms with van der Waals surface area (Å²) in [5.74, 6) is 0.349. The zero-order valence-corrected chi connectivity index (χ0v) is 16.9. The third-order valence-corrected chi connectivity index (χ3v) is 5.54. The fourth-order valence-corrected chi connectivity index (χ4v) is 4.31. The van der Waals surface area contributed by atoms with E-state index in [-0.39, 0.29) is 17.5 Å². The topological polar surface area (TPSA) is 65.3 Å². The van der Waals surface area contributed by atoms with Gasteiger partial charge in [-0.15, -0.1) is 0 Å². The van der Waals surface area contributed by atoms with E-state index in [0.717, 1.165) is 56.4 Å². The van der Waals surface area contributed by atoms with E-state index >= 15 is 0 Å². The number of carbonyl (C=O) groups is 1. The molecule has 0 bridgehead atoms. The van der Waals surface area contributed by atoms with Gasteiger partial charge in [-0.25, -0.2) is 0 Å². The molecule has 1 saturated carbocycles. The van der Waals surface area contributed by atoms with Gasteiger partial charge in [0.05, 0.1) is 16.5 Å². The molecule has 6 nitrogen and oxygen atoms in total. The standard InChI is InChI=1S/C21H31N3O3/c1-5-9-27-13-15-7-6-8-16(10-15)22-20(25)17-12-23(3)19-14(2)11-24(4)21(26)18(17)19/h11-12,15-16H,5-10,13H2,1-4H3,(H,22,25)/t15?,16-/m1/s1. The molecule has 1 aliphatic carbocycles. The lowest BCUT2D eigenvalue weighted by atomic mass is 9.86. The molecule has 3 rings (SSSR count). The van der Waals surface area contributed by atoms with Crippen molar-refractivity contribution in [2.45, 2.75) is 52.0 Å². The van der Waals surface area contributed by atoms with E-state index in [4.69, 9.17) is 4.74 Å². The molecule has 2 atom stereocenters. The quantitative estimate of drug-likeness (QED) is 0.792. The molecule has 148 valence electrons. The fourth-order valence-electron chi connectivity index (χ4n) is 4.31. The van der Waals surface area contributed by atoms with Gasteiger partial charge >= 0.3 is 0 Å². The first-order valence-electron chi connectivity index (χ1n) is 9.96. The van der Waals surface area contributed by atoms with Gasteiger partial charge in [0.1, 0.15) is 0 Å². The van der Waals surface area contributed by atoms with Gasteiger partial charge in [-0.1, -0.05) is 13.3 Å². The number of pyridine rings is 1. The van der Waals surface area contributed by atoms with Crippen LogP contribution in [-0.4, -0.2) is 34.3 Å². The summed E-state index contributed by atoms with van der Waals surface area (Å²) in [5, 5.41) is 3.68. The summed E-state index contributed by atoms with van der Waals surface area (Å²) in [6.07, 6.45) is 8.80. The number of hydrogen-bond acceptors (Lipinski definition) is 3. The van der Waals surface area contributed by atoms with E-state index in [1.807, 2.05) is 24.7 Å². The van der Waals surface area contributed by atoms with Crippen LogP contribution in [0.2, 0.25) is 0 Å². The Hall–Kier alpha value is -2.08. The highest BCUT2D eigenvalue weighted by molar-refractivity contribution is 6.07. The second-order valence-electron chi connectivity index (χ2n) is 7.88. The summed E-state index contributed by atoms with van der Waals surface area (Å²) in [7, 11) is 3.61. The van der Waals surface area contributed by atoms with Crippen LogP contribution in [0.3, 0.4) is 0 Å². The SMILES string of the molecule is CCCOCC1CCC[C@@H](NC(=O)c2cn(C)c3c(C)cn(C)c(=O)c23)C1. The molecule has 0 aromatic carbocycles. The van der Waals surface area contributed by atoms with Crippen LogP contribution in [0.4, 0.5) is 0 Å². The Morgan fingerprint density at radius 1 is 1.26 bits per heavy atom. The maximum atomic E-state index is 13.0. The Bertz CT molecular complexity index is 881. The van der Waals surface area contributed by atoms with Crippen LogP contribution in [0.5, 0.6) is 0 Å². The van der Waals surface area contributed by atoms with Crippen molar-refractivity contribution in [1.29, 1.82) is 0 Å². The van der Waals surface area contributed by atoms with Gasteiger partial charge in [0.2, 0.25) is 0 Å². The maximum Gasteiger partial charge on any atom is 0.260 e. The van der Waals surface area contributed by atoms with Crippen molar-refractivity contribution in [1.82, 2.24) is 14.5 Å². The Balaban J connectivity index is 1.78. The smallest absolute Gasteiger partial charge is 0.260 e. The highest BCUT2D eigenvalue weighted by Gasteiger charge is 2.26. The van der Waals surface area contributed by atoms with Crippen LogP contribution in [0.25, 0.3) is 10.9 Å². The van der Waals surface area contributed by atoms with Crippen LogP contribution in [-0.2, 0) is 18.8 Å². The number of nitrogens with zero attached hydrogens (tertiary/aromatic N) is 2. The zero-order chi connectivity index (χ0) is 19.6. The van der Waals surface area contributed by atoms with Crippen molar-refractivity contribution in [3.8, 4) is 0 Å². The number of nitrogens with one attached hydrogen (secondary N) is 1. The van der Waals surface area contributed by atoms with E-state index in [0.29, 0.717) is 16.9 Å². The van der Waals surface area contributed by atoms with Gasteiger partial charge in [-0.3, -0.25) is 9.59 Å². The molecule has 1 N–H and O–H groups in total. The molecule has 0 radical (unpaired) electrons. The Labute approximate surface area is 160 Å². The second-order valence-corrected chi connectivity index (χ2v) is 7.88. The van der Waals surface area contributed by atoms with Gasteiger partial charge in [-0.2, -0.15) is 0 Å². The van der Waals surface area contributed by atoms with Gasteiger partial charge in [0, 0.05) is 45.7 Å². The monoisotopic (exact) mass is 373 g/mol. The molecular formula is C21H31N3O3. The molecule has 2 aromatic rings.